The molecule has 1 aromatic rings. The summed E-state index contributed by atoms with van der Waals surface area (Å²) in [6.07, 6.45) is 4.83. The maximum absolute atomic E-state index is 12.6. The van der Waals surface area contributed by atoms with Crippen molar-refractivity contribution in [2.75, 3.05) is 65.8 Å². The van der Waals surface area contributed by atoms with E-state index in [1.807, 2.05) is 35.2 Å². The number of carbonyl (C=O) groups is 3. The van der Waals surface area contributed by atoms with Crippen LogP contribution in [-0.2, 0) is 14.4 Å². The first-order valence-electron chi connectivity index (χ1n) is 11.2. The van der Waals surface area contributed by atoms with Gasteiger partial charge in [-0.15, -0.1) is 11.8 Å². The van der Waals surface area contributed by atoms with Gasteiger partial charge in [0.1, 0.15) is 12.0 Å². The highest BCUT2D eigenvalue weighted by Crippen LogP contribution is 2.29. The zero-order valence-electron chi connectivity index (χ0n) is 20.0. The Kier molecular flexibility index (Phi) is 12.2. The number of aliphatic carboxylic acids is 2. The molecule has 35 heavy (non-hydrogen) atoms. The summed E-state index contributed by atoms with van der Waals surface area (Å²) in [5.74, 6) is -0.0728. The van der Waals surface area contributed by atoms with Crippen LogP contribution >= 0.6 is 11.8 Å². The van der Waals surface area contributed by atoms with Gasteiger partial charge in [-0.1, -0.05) is 18.2 Å². The Morgan fingerprint density at radius 1 is 1.00 bits per heavy atom. The second-order valence-corrected chi connectivity index (χ2v) is 9.12. The minimum Gasteiger partial charge on any atom is -0.493 e. The Morgan fingerprint density at radius 3 is 2.23 bits per heavy atom. The lowest BCUT2D eigenvalue weighted by molar-refractivity contribution is -0.134. The lowest BCUT2D eigenvalue weighted by Gasteiger charge is -2.31. The van der Waals surface area contributed by atoms with Crippen LogP contribution in [0.2, 0.25) is 0 Å². The van der Waals surface area contributed by atoms with Crippen molar-refractivity contribution in [1.29, 1.82) is 0 Å². The Bertz CT molecular complexity index is 885. The van der Waals surface area contributed by atoms with E-state index in [4.69, 9.17) is 19.7 Å². The third kappa shape index (κ3) is 10.4. The molecule has 2 N–H and O–H groups in total. The molecule has 2 aliphatic heterocycles. The molecule has 0 aromatic heterocycles. The van der Waals surface area contributed by atoms with Crippen LogP contribution in [0.5, 0.6) is 11.5 Å². The van der Waals surface area contributed by atoms with Crippen LogP contribution in [0.4, 0.5) is 0 Å². The number of carboxylic acids is 2. The van der Waals surface area contributed by atoms with E-state index in [1.54, 1.807) is 24.9 Å². The fraction of sp³-hybridized carbons (Fsp3) is 0.458. The topological polar surface area (TPSA) is 120 Å². The Balaban J connectivity index is 0.000000466. The summed E-state index contributed by atoms with van der Waals surface area (Å²) in [7, 11) is 3.78. The zero-order chi connectivity index (χ0) is 25.6. The maximum Gasteiger partial charge on any atom is 0.328 e. The number of benzene rings is 1. The van der Waals surface area contributed by atoms with Gasteiger partial charge in [0, 0.05) is 63.2 Å². The van der Waals surface area contributed by atoms with Crippen LogP contribution in [0, 0.1) is 0 Å². The molecule has 0 spiro atoms. The molecule has 2 saturated heterocycles. The average molecular weight is 508 g/mol. The smallest absolute Gasteiger partial charge is 0.328 e. The molecular formula is C24H33N3O7S. The first-order chi connectivity index (χ1) is 16.8. The van der Waals surface area contributed by atoms with Crippen molar-refractivity contribution < 1.29 is 34.1 Å². The molecule has 2 heterocycles. The molecule has 1 aromatic carbocycles. The predicted molar refractivity (Wildman–Crippen MR) is 134 cm³/mol. The molecule has 0 saturated carbocycles. The fourth-order valence-corrected chi connectivity index (χ4v) is 4.51. The summed E-state index contributed by atoms with van der Waals surface area (Å²) in [6.45, 7) is 6.36. The van der Waals surface area contributed by atoms with Crippen LogP contribution in [0.15, 0.2) is 48.6 Å². The standard InChI is InChI=1S/C20H29N3O3S.C4H4O4/c1-21-10-12-22(13-11-21)9-5-8-19(24)23-14-15-27-20(23)16-26-18-7-4-3-6-17(18)25-2;5-3(6)1-2-4(7)8/h3-8,20H,9-16H2,1-2H3;1-2H,(H,5,6)(H,7,8)/b8-5+;2-1-. The number of rotatable bonds is 9. The number of thioether (sulfide) groups is 1. The molecule has 192 valence electrons. The van der Waals surface area contributed by atoms with Crippen molar-refractivity contribution >= 4 is 29.6 Å². The van der Waals surface area contributed by atoms with Gasteiger partial charge in [-0.25, -0.2) is 9.59 Å². The van der Waals surface area contributed by atoms with Crippen LogP contribution in [0.25, 0.3) is 0 Å². The van der Waals surface area contributed by atoms with Gasteiger partial charge in [0.15, 0.2) is 11.5 Å². The largest absolute Gasteiger partial charge is 0.493 e. The van der Waals surface area contributed by atoms with E-state index in [2.05, 4.69) is 16.8 Å². The van der Waals surface area contributed by atoms with E-state index >= 15 is 0 Å². The van der Waals surface area contributed by atoms with Gasteiger partial charge in [0.05, 0.1) is 7.11 Å². The first kappa shape index (κ1) is 28.2. The third-order valence-electron chi connectivity index (χ3n) is 5.31. The number of methoxy groups -OCH3 is 1. The van der Waals surface area contributed by atoms with E-state index in [1.165, 1.54) is 0 Å². The summed E-state index contributed by atoms with van der Waals surface area (Å²) < 4.78 is 11.2. The Morgan fingerprint density at radius 2 is 1.63 bits per heavy atom. The second kappa shape index (κ2) is 15.1. The number of para-hydroxylation sites is 2. The van der Waals surface area contributed by atoms with Crippen molar-refractivity contribution in [3.63, 3.8) is 0 Å². The van der Waals surface area contributed by atoms with Gasteiger partial charge in [-0.2, -0.15) is 0 Å². The Hall–Kier alpha value is -3.02. The van der Waals surface area contributed by atoms with Crippen LogP contribution in [0.1, 0.15) is 0 Å². The first-order valence-corrected chi connectivity index (χ1v) is 12.2. The molecule has 3 rings (SSSR count). The number of carbonyl (C=O) groups excluding carboxylic acids is 1. The molecule has 2 fully saturated rings. The molecule has 0 radical (unpaired) electrons. The van der Waals surface area contributed by atoms with Crippen LogP contribution in [-0.4, -0.2) is 114 Å². The molecule has 0 bridgehead atoms. The quantitative estimate of drug-likeness (QED) is 0.476. The highest BCUT2D eigenvalue weighted by molar-refractivity contribution is 8.00. The molecule has 1 unspecified atom stereocenters. The van der Waals surface area contributed by atoms with Crippen molar-refractivity contribution in [1.82, 2.24) is 14.7 Å². The van der Waals surface area contributed by atoms with Gasteiger partial charge >= 0.3 is 11.9 Å². The van der Waals surface area contributed by atoms with Gasteiger partial charge < -0.3 is 29.5 Å². The molecule has 11 heteroatoms. The van der Waals surface area contributed by atoms with Crippen molar-refractivity contribution in [2.24, 2.45) is 0 Å². The van der Waals surface area contributed by atoms with Crippen LogP contribution in [0.3, 0.4) is 0 Å². The number of nitrogens with zero attached hydrogens (tertiary/aromatic N) is 3. The summed E-state index contributed by atoms with van der Waals surface area (Å²) in [4.78, 5) is 38.3. The van der Waals surface area contributed by atoms with Gasteiger partial charge in [-0.05, 0) is 19.2 Å². The van der Waals surface area contributed by atoms with E-state index in [0.29, 0.717) is 30.3 Å². The highest BCUT2D eigenvalue weighted by atomic mass is 32.2. The summed E-state index contributed by atoms with van der Waals surface area (Å²) >= 11 is 1.76. The fourth-order valence-electron chi connectivity index (χ4n) is 3.38. The molecule has 2 aliphatic rings. The number of amides is 1. The van der Waals surface area contributed by atoms with E-state index in [0.717, 1.165) is 45.0 Å². The molecule has 1 atom stereocenters. The summed E-state index contributed by atoms with van der Waals surface area (Å²) in [5, 5.41) is 15.7. The van der Waals surface area contributed by atoms with Gasteiger partial charge in [0.2, 0.25) is 5.91 Å². The minimum atomic E-state index is -1.26. The molecule has 0 aliphatic carbocycles. The summed E-state index contributed by atoms with van der Waals surface area (Å²) in [6, 6.07) is 7.60. The molecule has 10 nitrogen and oxygen atoms in total. The predicted octanol–water partition coefficient (Wildman–Crippen LogP) is 1.49. The molecule has 1 amide bonds. The number of likely N-dealkylation sites (N-methyl/N-ethyl adjacent to an activating group) is 1. The second-order valence-electron chi connectivity index (χ2n) is 7.83. The average Bonchev–Trinajstić information content (AvgIpc) is 3.32. The van der Waals surface area contributed by atoms with Crippen LogP contribution < -0.4 is 9.47 Å². The van der Waals surface area contributed by atoms with E-state index in [9.17, 15) is 14.4 Å². The number of hydrogen-bond donors (Lipinski definition) is 2. The number of ether oxygens (including phenoxy) is 2. The van der Waals surface area contributed by atoms with Crippen molar-refractivity contribution in [2.45, 2.75) is 5.37 Å². The SMILES string of the molecule is COc1ccccc1OCC1SCCN1C(=O)/C=C/CN1CCN(C)CC1.O=C(O)/C=C\C(=O)O. The van der Waals surface area contributed by atoms with Crippen molar-refractivity contribution in [3.05, 3.63) is 48.6 Å². The maximum atomic E-state index is 12.6. The zero-order valence-corrected chi connectivity index (χ0v) is 20.9. The van der Waals surface area contributed by atoms with Gasteiger partial charge in [0.25, 0.3) is 0 Å². The third-order valence-corrected chi connectivity index (χ3v) is 6.51. The van der Waals surface area contributed by atoms with Crippen molar-refractivity contribution in [3.8, 4) is 11.5 Å². The summed E-state index contributed by atoms with van der Waals surface area (Å²) in [5.41, 5.74) is 0. The number of hydrogen-bond acceptors (Lipinski definition) is 8. The van der Waals surface area contributed by atoms with E-state index < -0.39 is 11.9 Å². The number of carboxylic acid groups (broad SMARTS) is 2. The van der Waals surface area contributed by atoms with E-state index in [-0.39, 0.29) is 11.3 Å². The minimum absolute atomic E-state index is 0.0377. The highest BCUT2D eigenvalue weighted by Gasteiger charge is 2.29. The lowest BCUT2D eigenvalue weighted by atomic mass is 10.3. The lowest BCUT2D eigenvalue weighted by Crippen LogP contribution is -2.44. The molecular weight excluding hydrogens is 474 g/mol. The Labute approximate surface area is 209 Å². The monoisotopic (exact) mass is 507 g/mol. The number of piperazine rings is 1. The van der Waals surface area contributed by atoms with Gasteiger partial charge in [-0.3, -0.25) is 9.69 Å². The normalized spacial score (nSPS) is 18.9.